The summed E-state index contributed by atoms with van der Waals surface area (Å²) in [5.74, 6) is 0. The van der Waals surface area contributed by atoms with Gasteiger partial charge in [-0.2, -0.15) is 0 Å². The zero-order valence-corrected chi connectivity index (χ0v) is 8.91. The molecule has 86 valence electrons. The second kappa shape index (κ2) is 4.71. The van der Waals surface area contributed by atoms with Gasteiger partial charge in [0.2, 0.25) is 0 Å². The molecular formula is C12H10N2O3. The van der Waals surface area contributed by atoms with Crippen LogP contribution in [0.2, 0.25) is 0 Å². The summed E-state index contributed by atoms with van der Waals surface area (Å²) in [6, 6.07) is 9.81. The zero-order chi connectivity index (χ0) is 12.3. The van der Waals surface area contributed by atoms with Crippen LogP contribution in [0.1, 0.15) is 5.69 Å². The van der Waals surface area contributed by atoms with E-state index < -0.39 is 4.92 Å². The third kappa shape index (κ3) is 2.29. The van der Waals surface area contributed by atoms with Gasteiger partial charge in [-0.25, -0.2) is 0 Å². The average molecular weight is 230 g/mol. The predicted molar refractivity (Wildman–Crippen MR) is 62.3 cm³/mol. The second-order valence-electron chi connectivity index (χ2n) is 3.47. The molecule has 5 nitrogen and oxygen atoms in total. The topological polar surface area (TPSA) is 76.3 Å². The van der Waals surface area contributed by atoms with Crippen LogP contribution < -0.4 is 0 Å². The van der Waals surface area contributed by atoms with Gasteiger partial charge in [-0.1, -0.05) is 12.1 Å². The van der Waals surface area contributed by atoms with Crippen molar-refractivity contribution in [1.29, 1.82) is 0 Å². The first-order chi connectivity index (χ1) is 8.22. The molecule has 2 rings (SSSR count). The van der Waals surface area contributed by atoms with Crippen LogP contribution in [0.4, 0.5) is 5.69 Å². The Kier molecular flexibility index (Phi) is 3.11. The molecule has 1 aromatic carbocycles. The highest BCUT2D eigenvalue weighted by molar-refractivity contribution is 5.73. The fraction of sp³-hybridized carbons (Fsp3) is 0.0833. The van der Waals surface area contributed by atoms with Gasteiger partial charge in [0.05, 0.1) is 22.8 Å². The number of nitrogens with zero attached hydrogens (tertiary/aromatic N) is 2. The molecule has 0 aliphatic heterocycles. The van der Waals surface area contributed by atoms with E-state index in [1.54, 1.807) is 30.3 Å². The summed E-state index contributed by atoms with van der Waals surface area (Å²) in [5.41, 5.74) is 1.73. The van der Waals surface area contributed by atoms with E-state index in [9.17, 15) is 10.1 Å². The van der Waals surface area contributed by atoms with Crippen molar-refractivity contribution in [2.75, 3.05) is 0 Å². The first-order valence-electron chi connectivity index (χ1n) is 5.02. The van der Waals surface area contributed by atoms with Crippen molar-refractivity contribution in [1.82, 2.24) is 4.98 Å². The molecule has 0 saturated carbocycles. The van der Waals surface area contributed by atoms with Gasteiger partial charge in [0, 0.05) is 12.3 Å². The minimum absolute atomic E-state index is 0.0441. The predicted octanol–water partition coefficient (Wildman–Crippen LogP) is 2.15. The Morgan fingerprint density at radius 1 is 1.29 bits per heavy atom. The molecule has 0 amide bonds. The number of rotatable bonds is 3. The van der Waals surface area contributed by atoms with Crippen LogP contribution in [-0.2, 0) is 6.61 Å². The second-order valence-corrected chi connectivity index (χ2v) is 3.47. The number of nitro groups is 1. The molecule has 2 aromatic rings. The van der Waals surface area contributed by atoms with E-state index in [4.69, 9.17) is 5.11 Å². The maximum Gasteiger partial charge on any atom is 0.277 e. The van der Waals surface area contributed by atoms with Crippen LogP contribution in [0.5, 0.6) is 0 Å². The summed E-state index contributed by atoms with van der Waals surface area (Å²) < 4.78 is 0. The molecule has 0 saturated heterocycles. The highest BCUT2D eigenvalue weighted by Crippen LogP contribution is 2.29. The van der Waals surface area contributed by atoms with Crippen molar-refractivity contribution in [3.05, 3.63) is 58.4 Å². The number of aromatic nitrogens is 1. The van der Waals surface area contributed by atoms with Gasteiger partial charge in [0.25, 0.3) is 5.69 Å². The van der Waals surface area contributed by atoms with Crippen molar-refractivity contribution in [3.63, 3.8) is 0 Å². The highest BCUT2D eigenvalue weighted by Gasteiger charge is 2.14. The minimum Gasteiger partial charge on any atom is -0.390 e. The molecule has 0 bridgehead atoms. The zero-order valence-electron chi connectivity index (χ0n) is 8.91. The lowest BCUT2D eigenvalue weighted by atomic mass is 10.0. The molecule has 0 unspecified atom stereocenters. The third-order valence-corrected chi connectivity index (χ3v) is 2.39. The Hall–Kier alpha value is -2.27. The van der Waals surface area contributed by atoms with Crippen molar-refractivity contribution in [2.45, 2.75) is 6.61 Å². The molecule has 0 fully saturated rings. The van der Waals surface area contributed by atoms with Gasteiger partial charge in [-0.05, 0) is 23.8 Å². The van der Waals surface area contributed by atoms with Crippen molar-refractivity contribution >= 4 is 5.69 Å². The van der Waals surface area contributed by atoms with E-state index in [-0.39, 0.29) is 12.3 Å². The fourth-order valence-electron chi connectivity index (χ4n) is 1.61. The van der Waals surface area contributed by atoms with E-state index in [0.717, 1.165) is 0 Å². The monoisotopic (exact) mass is 230 g/mol. The lowest BCUT2D eigenvalue weighted by Gasteiger charge is -2.04. The third-order valence-electron chi connectivity index (χ3n) is 2.39. The molecular weight excluding hydrogens is 220 g/mol. The summed E-state index contributed by atoms with van der Waals surface area (Å²) in [6.45, 7) is -0.186. The molecule has 1 N–H and O–H groups in total. The quantitative estimate of drug-likeness (QED) is 0.647. The summed E-state index contributed by atoms with van der Waals surface area (Å²) in [7, 11) is 0. The summed E-state index contributed by atoms with van der Waals surface area (Å²) in [6.07, 6.45) is 1.53. The Morgan fingerprint density at radius 2 is 2.06 bits per heavy atom. The number of aliphatic hydroxyl groups is 1. The van der Waals surface area contributed by atoms with Crippen LogP contribution in [0, 0.1) is 10.1 Å². The molecule has 0 spiro atoms. The number of hydrogen-bond acceptors (Lipinski definition) is 4. The van der Waals surface area contributed by atoms with E-state index in [0.29, 0.717) is 16.8 Å². The number of hydrogen-bond donors (Lipinski definition) is 1. The molecule has 0 aliphatic rings. The van der Waals surface area contributed by atoms with Crippen molar-refractivity contribution in [3.8, 4) is 11.1 Å². The lowest BCUT2D eigenvalue weighted by molar-refractivity contribution is -0.384. The van der Waals surface area contributed by atoms with E-state index in [1.165, 1.54) is 12.3 Å². The van der Waals surface area contributed by atoms with Gasteiger partial charge < -0.3 is 5.11 Å². The first kappa shape index (κ1) is 11.2. The number of nitro benzene ring substituents is 1. The maximum absolute atomic E-state index is 10.9. The number of benzene rings is 1. The van der Waals surface area contributed by atoms with Crippen LogP contribution in [0.25, 0.3) is 11.1 Å². The Labute approximate surface area is 97.5 Å². The van der Waals surface area contributed by atoms with Crippen LogP contribution in [-0.4, -0.2) is 15.0 Å². The Balaban J connectivity index is 2.56. The van der Waals surface area contributed by atoms with Gasteiger partial charge in [0.15, 0.2) is 0 Å². The smallest absolute Gasteiger partial charge is 0.277 e. The van der Waals surface area contributed by atoms with E-state index in [2.05, 4.69) is 4.98 Å². The SMILES string of the molecule is O=[N+]([O-])c1ccccc1-c1ccnc(CO)c1. The minimum atomic E-state index is -0.422. The normalized spacial score (nSPS) is 10.2. The van der Waals surface area contributed by atoms with Crippen LogP contribution >= 0.6 is 0 Å². The van der Waals surface area contributed by atoms with Gasteiger partial charge in [-0.15, -0.1) is 0 Å². The molecule has 17 heavy (non-hydrogen) atoms. The van der Waals surface area contributed by atoms with Crippen LogP contribution in [0.15, 0.2) is 42.6 Å². The van der Waals surface area contributed by atoms with E-state index >= 15 is 0 Å². The largest absolute Gasteiger partial charge is 0.390 e. The Morgan fingerprint density at radius 3 is 2.76 bits per heavy atom. The van der Waals surface area contributed by atoms with Gasteiger partial charge in [-0.3, -0.25) is 15.1 Å². The first-order valence-corrected chi connectivity index (χ1v) is 5.02. The fourth-order valence-corrected chi connectivity index (χ4v) is 1.61. The summed E-state index contributed by atoms with van der Waals surface area (Å²) >= 11 is 0. The number of aliphatic hydroxyl groups excluding tert-OH is 1. The van der Waals surface area contributed by atoms with Gasteiger partial charge >= 0.3 is 0 Å². The molecule has 0 aliphatic carbocycles. The molecule has 1 heterocycles. The standard InChI is InChI=1S/C12H10N2O3/c15-8-10-7-9(5-6-13-10)11-3-1-2-4-12(11)14(16)17/h1-7,15H,8H2. The average Bonchev–Trinajstić information content (AvgIpc) is 2.39. The van der Waals surface area contributed by atoms with E-state index in [1.807, 2.05) is 0 Å². The maximum atomic E-state index is 10.9. The summed E-state index contributed by atoms with van der Waals surface area (Å²) in [5, 5.41) is 19.9. The molecule has 0 atom stereocenters. The molecule has 0 radical (unpaired) electrons. The lowest BCUT2D eigenvalue weighted by Crippen LogP contribution is -1.93. The number of pyridine rings is 1. The Bertz CT molecular complexity index is 555. The molecule has 5 heteroatoms. The van der Waals surface area contributed by atoms with Crippen LogP contribution in [0.3, 0.4) is 0 Å². The summed E-state index contributed by atoms with van der Waals surface area (Å²) in [4.78, 5) is 14.4. The van der Waals surface area contributed by atoms with Crippen molar-refractivity contribution < 1.29 is 10.0 Å². The number of para-hydroxylation sites is 1. The van der Waals surface area contributed by atoms with Gasteiger partial charge in [0.1, 0.15) is 0 Å². The van der Waals surface area contributed by atoms with Crippen molar-refractivity contribution in [2.24, 2.45) is 0 Å². The molecule has 1 aromatic heterocycles. The highest BCUT2D eigenvalue weighted by atomic mass is 16.6.